The van der Waals surface area contributed by atoms with Crippen LogP contribution >= 0.6 is 11.3 Å². The van der Waals surface area contributed by atoms with Crippen molar-refractivity contribution in [3.8, 4) is 0 Å². The standard InChI is InChI=1S/C16H18F3N7S/c1-10-11(2)13(23-26-12(10)21-22-14(26)16(17,18)19)24-5-3-6-25(8-7-24)15-20-4-9-27-15/h4,9H,3,5-8H2,1-2H3. The van der Waals surface area contributed by atoms with E-state index in [0.717, 1.165) is 34.7 Å². The zero-order chi connectivity index (χ0) is 19.2. The first-order valence-electron chi connectivity index (χ1n) is 8.55. The Kier molecular flexibility index (Phi) is 4.41. The van der Waals surface area contributed by atoms with E-state index in [-0.39, 0.29) is 5.65 Å². The van der Waals surface area contributed by atoms with Gasteiger partial charge in [-0.2, -0.15) is 17.7 Å². The largest absolute Gasteiger partial charge is 0.453 e. The van der Waals surface area contributed by atoms with Gasteiger partial charge < -0.3 is 9.80 Å². The van der Waals surface area contributed by atoms with Gasteiger partial charge in [0.15, 0.2) is 16.6 Å². The zero-order valence-electron chi connectivity index (χ0n) is 14.9. The minimum Gasteiger partial charge on any atom is -0.353 e. The van der Waals surface area contributed by atoms with Gasteiger partial charge in [0, 0.05) is 48.9 Å². The van der Waals surface area contributed by atoms with Crippen LogP contribution in [0.2, 0.25) is 0 Å². The van der Waals surface area contributed by atoms with Crippen LogP contribution < -0.4 is 9.80 Å². The molecule has 4 heterocycles. The molecule has 1 aliphatic rings. The van der Waals surface area contributed by atoms with Crippen molar-refractivity contribution in [2.75, 3.05) is 36.0 Å². The maximum absolute atomic E-state index is 13.2. The predicted molar refractivity (Wildman–Crippen MR) is 96.4 cm³/mol. The first-order chi connectivity index (χ1) is 12.9. The van der Waals surface area contributed by atoms with Crippen LogP contribution in [-0.4, -0.2) is 51.0 Å². The van der Waals surface area contributed by atoms with Gasteiger partial charge in [-0.1, -0.05) is 0 Å². The van der Waals surface area contributed by atoms with Crippen molar-refractivity contribution in [2.45, 2.75) is 26.4 Å². The van der Waals surface area contributed by atoms with Gasteiger partial charge in [0.05, 0.1) is 0 Å². The Hall–Kier alpha value is -2.43. The maximum atomic E-state index is 13.2. The second-order valence-corrected chi connectivity index (χ2v) is 7.35. The van der Waals surface area contributed by atoms with Crippen LogP contribution in [0.15, 0.2) is 11.6 Å². The van der Waals surface area contributed by atoms with Gasteiger partial charge in [-0.15, -0.1) is 26.6 Å². The summed E-state index contributed by atoms with van der Waals surface area (Å²) in [5.74, 6) is -0.549. The normalized spacial score (nSPS) is 16.2. The van der Waals surface area contributed by atoms with Crippen molar-refractivity contribution in [3.63, 3.8) is 0 Å². The Labute approximate surface area is 157 Å². The lowest BCUT2D eigenvalue weighted by Gasteiger charge is -2.24. The summed E-state index contributed by atoms with van der Waals surface area (Å²) in [6.45, 7) is 6.57. The quantitative estimate of drug-likeness (QED) is 0.663. The molecule has 0 aliphatic carbocycles. The molecule has 4 rings (SSSR count). The van der Waals surface area contributed by atoms with E-state index in [9.17, 15) is 13.2 Å². The van der Waals surface area contributed by atoms with Crippen molar-refractivity contribution in [1.82, 2.24) is 24.8 Å². The van der Waals surface area contributed by atoms with Gasteiger partial charge in [-0.3, -0.25) is 0 Å². The van der Waals surface area contributed by atoms with Gasteiger partial charge >= 0.3 is 6.18 Å². The second-order valence-electron chi connectivity index (χ2n) is 6.47. The minimum absolute atomic E-state index is 0.141. The molecule has 0 aromatic carbocycles. The van der Waals surface area contributed by atoms with E-state index in [1.807, 2.05) is 17.2 Å². The molecule has 3 aromatic heterocycles. The third-order valence-electron chi connectivity index (χ3n) is 4.81. The van der Waals surface area contributed by atoms with Gasteiger partial charge in [0.2, 0.25) is 0 Å². The minimum atomic E-state index is -4.61. The summed E-state index contributed by atoms with van der Waals surface area (Å²) in [5.41, 5.74) is 1.62. The van der Waals surface area contributed by atoms with Crippen LogP contribution in [0.3, 0.4) is 0 Å². The van der Waals surface area contributed by atoms with Crippen LogP contribution in [0.5, 0.6) is 0 Å². The lowest BCUT2D eigenvalue weighted by molar-refractivity contribution is -0.146. The average Bonchev–Trinajstić information content (AvgIpc) is 3.23. The van der Waals surface area contributed by atoms with E-state index in [1.165, 1.54) is 0 Å². The molecule has 0 atom stereocenters. The third kappa shape index (κ3) is 3.20. The monoisotopic (exact) mass is 397 g/mol. The molecule has 27 heavy (non-hydrogen) atoms. The highest BCUT2D eigenvalue weighted by molar-refractivity contribution is 7.13. The molecule has 11 heteroatoms. The smallest absolute Gasteiger partial charge is 0.353 e. The number of hydrogen-bond acceptors (Lipinski definition) is 7. The summed E-state index contributed by atoms with van der Waals surface area (Å²) in [4.78, 5) is 8.59. The van der Waals surface area contributed by atoms with Crippen LogP contribution in [0.1, 0.15) is 23.4 Å². The number of nitrogens with zero attached hydrogens (tertiary/aromatic N) is 7. The van der Waals surface area contributed by atoms with Crippen molar-refractivity contribution in [3.05, 3.63) is 28.5 Å². The van der Waals surface area contributed by atoms with Gasteiger partial charge in [0.1, 0.15) is 0 Å². The Bertz CT molecular complexity index is 951. The summed E-state index contributed by atoms with van der Waals surface area (Å²) in [6.07, 6.45) is -1.96. The number of rotatable bonds is 2. The molecule has 1 saturated heterocycles. The molecule has 0 saturated carbocycles. The first-order valence-corrected chi connectivity index (χ1v) is 9.43. The Balaban J connectivity index is 1.69. The highest BCUT2D eigenvalue weighted by Gasteiger charge is 2.38. The van der Waals surface area contributed by atoms with E-state index in [4.69, 9.17) is 0 Å². The molecule has 144 valence electrons. The summed E-state index contributed by atoms with van der Waals surface area (Å²) >= 11 is 1.58. The number of anilines is 2. The van der Waals surface area contributed by atoms with Crippen molar-refractivity contribution < 1.29 is 13.2 Å². The predicted octanol–water partition coefficient (Wildman–Crippen LogP) is 2.93. The van der Waals surface area contributed by atoms with E-state index in [0.29, 0.717) is 24.5 Å². The molecule has 0 radical (unpaired) electrons. The molecular formula is C16H18F3N7S. The van der Waals surface area contributed by atoms with Gasteiger partial charge in [-0.25, -0.2) is 4.98 Å². The number of aromatic nitrogens is 5. The summed E-state index contributed by atoms with van der Waals surface area (Å²) in [6, 6.07) is 0. The fourth-order valence-corrected chi connectivity index (χ4v) is 3.98. The Morgan fingerprint density at radius 1 is 1.00 bits per heavy atom. The third-order valence-corrected chi connectivity index (χ3v) is 5.64. The Morgan fingerprint density at radius 2 is 1.74 bits per heavy atom. The number of thiazole rings is 1. The fraction of sp³-hybridized carbons (Fsp3) is 0.500. The molecule has 0 amide bonds. The molecule has 1 aliphatic heterocycles. The SMILES string of the molecule is Cc1c(N2CCCN(c3nccs3)CC2)nn2c(C(F)(F)F)nnc2c1C. The highest BCUT2D eigenvalue weighted by Crippen LogP contribution is 2.31. The molecule has 0 N–H and O–H groups in total. The van der Waals surface area contributed by atoms with E-state index in [1.54, 1.807) is 24.5 Å². The van der Waals surface area contributed by atoms with Crippen LogP contribution in [0.4, 0.5) is 24.1 Å². The topological polar surface area (TPSA) is 62.5 Å². The molecular weight excluding hydrogens is 379 g/mol. The molecule has 0 unspecified atom stereocenters. The molecule has 7 nitrogen and oxygen atoms in total. The van der Waals surface area contributed by atoms with E-state index >= 15 is 0 Å². The van der Waals surface area contributed by atoms with Crippen molar-refractivity contribution >= 4 is 27.9 Å². The van der Waals surface area contributed by atoms with Crippen LogP contribution in [0.25, 0.3) is 5.65 Å². The molecule has 3 aromatic rings. The highest BCUT2D eigenvalue weighted by atomic mass is 32.1. The summed E-state index contributed by atoms with van der Waals surface area (Å²) < 4.78 is 40.5. The summed E-state index contributed by atoms with van der Waals surface area (Å²) in [5, 5.41) is 14.2. The maximum Gasteiger partial charge on any atom is 0.453 e. The molecule has 0 bridgehead atoms. The lowest BCUT2D eigenvalue weighted by Crippen LogP contribution is -2.32. The fourth-order valence-electron chi connectivity index (χ4n) is 3.28. The Morgan fingerprint density at radius 3 is 2.44 bits per heavy atom. The second kappa shape index (κ2) is 6.63. The number of halogens is 3. The van der Waals surface area contributed by atoms with Gasteiger partial charge in [-0.05, 0) is 20.3 Å². The number of aryl methyl sites for hydroxylation is 1. The van der Waals surface area contributed by atoms with Crippen molar-refractivity contribution in [2.24, 2.45) is 0 Å². The first kappa shape index (κ1) is 18.0. The average molecular weight is 397 g/mol. The number of alkyl halides is 3. The van der Waals surface area contributed by atoms with Crippen molar-refractivity contribution in [1.29, 1.82) is 0 Å². The summed E-state index contributed by atoms with van der Waals surface area (Å²) in [7, 11) is 0. The molecule has 0 spiro atoms. The molecule has 1 fully saturated rings. The number of hydrogen-bond donors (Lipinski definition) is 0. The van der Waals surface area contributed by atoms with E-state index < -0.39 is 12.0 Å². The van der Waals surface area contributed by atoms with E-state index in [2.05, 4.69) is 25.2 Å². The zero-order valence-corrected chi connectivity index (χ0v) is 15.7. The van der Waals surface area contributed by atoms with Crippen LogP contribution in [-0.2, 0) is 6.18 Å². The van der Waals surface area contributed by atoms with Gasteiger partial charge in [0.25, 0.3) is 5.82 Å². The number of fused-ring (bicyclic) bond motifs is 1. The van der Waals surface area contributed by atoms with Crippen LogP contribution in [0, 0.1) is 13.8 Å². The lowest BCUT2D eigenvalue weighted by atomic mass is 10.1.